The Hall–Kier alpha value is -1.78. The van der Waals surface area contributed by atoms with E-state index in [1.54, 1.807) is 36.0 Å². The highest BCUT2D eigenvalue weighted by Gasteiger charge is 2.37. The number of anilines is 1. The van der Waals surface area contributed by atoms with Crippen molar-refractivity contribution in [2.45, 2.75) is 36.0 Å². The molecular formula is C20H28ClN5O3S. The van der Waals surface area contributed by atoms with Gasteiger partial charge in [-0.05, 0) is 48.3 Å². The number of carbonyl (C=O) groups is 1. The Morgan fingerprint density at radius 1 is 1.40 bits per heavy atom. The predicted octanol–water partition coefficient (Wildman–Crippen LogP) is 2.00. The van der Waals surface area contributed by atoms with E-state index in [1.165, 1.54) is 0 Å². The largest absolute Gasteiger partial charge is 0.611 e. The van der Waals surface area contributed by atoms with E-state index in [1.807, 2.05) is 13.0 Å². The summed E-state index contributed by atoms with van der Waals surface area (Å²) >= 11 is 4.82. The van der Waals surface area contributed by atoms with Crippen LogP contribution < -0.4 is 10.6 Å². The molecule has 1 aliphatic rings. The first-order valence-electron chi connectivity index (χ1n) is 9.99. The number of benzene rings is 1. The third-order valence-electron chi connectivity index (χ3n) is 5.16. The van der Waals surface area contributed by atoms with Crippen molar-refractivity contribution in [1.82, 2.24) is 20.0 Å². The van der Waals surface area contributed by atoms with Crippen LogP contribution in [0.25, 0.3) is 0 Å². The van der Waals surface area contributed by atoms with E-state index < -0.39 is 11.2 Å². The zero-order chi connectivity index (χ0) is 21.7. The van der Waals surface area contributed by atoms with Gasteiger partial charge >= 0.3 is 6.03 Å². The molecule has 10 heteroatoms. The minimum atomic E-state index is -1.06. The highest BCUT2D eigenvalue weighted by molar-refractivity contribution is 7.92. The van der Waals surface area contributed by atoms with Crippen LogP contribution in [0.15, 0.2) is 35.2 Å². The molecule has 3 rings (SSSR count). The molecule has 0 bridgehead atoms. The molecule has 1 unspecified atom stereocenters. The van der Waals surface area contributed by atoms with Gasteiger partial charge in [0.25, 0.3) is 0 Å². The van der Waals surface area contributed by atoms with E-state index in [0.717, 1.165) is 30.1 Å². The van der Waals surface area contributed by atoms with Gasteiger partial charge in [0.15, 0.2) is 4.90 Å². The predicted molar refractivity (Wildman–Crippen MR) is 118 cm³/mol. The Balaban J connectivity index is 1.40. The fourth-order valence-electron chi connectivity index (χ4n) is 3.30. The molecule has 2 atom stereocenters. The molecule has 2 amide bonds. The van der Waals surface area contributed by atoms with Crippen molar-refractivity contribution in [1.29, 1.82) is 0 Å². The number of likely N-dealkylation sites (tertiary alicyclic amines) is 1. The van der Waals surface area contributed by atoms with E-state index >= 15 is 0 Å². The number of amides is 2. The zero-order valence-corrected chi connectivity index (χ0v) is 18.7. The molecule has 2 aromatic rings. The molecule has 1 aliphatic heterocycles. The van der Waals surface area contributed by atoms with Crippen molar-refractivity contribution in [3.63, 3.8) is 0 Å². The molecule has 0 saturated carbocycles. The number of aryl methyl sites for hydroxylation is 2. The molecule has 8 nitrogen and oxygen atoms in total. The lowest BCUT2D eigenvalue weighted by atomic mass is 10.1. The highest BCUT2D eigenvalue weighted by atomic mass is 35.5. The number of halogens is 1. The SMILES string of the molecule is CCc1cc(NC(=O)N[C@H](CO)CCN2CC([S+]([O-])c3ccc(Cl)cc3)C2)n(C)n1. The van der Waals surface area contributed by atoms with Crippen LogP contribution in [-0.4, -0.2) is 67.9 Å². The number of aliphatic hydroxyl groups excluding tert-OH is 1. The van der Waals surface area contributed by atoms with Crippen LogP contribution in [-0.2, 0) is 24.6 Å². The number of aliphatic hydroxyl groups is 1. The van der Waals surface area contributed by atoms with E-state index in [9.17, 15) is 14.5 Å². The van der Waals surface area contributed by atoms with E-state index in [-0.39, 0.29) is 23.9 Å². The lowest BCUT2D eigenvalue weighted by Gasteiger charge is -2.39. The topological polar surface area (TPSA) is 105 Å². The maximum absolute atomic E-state index is 12.6. The average Bonchev–Trinajstić information content (AvgIpc) is 3.05. The number of nitrogens with one attached hydrogen (secondary N) is 2. The van der Waals surface area contributed by atoms with Crippen LogP contribution in [0.3, 0.4) is 0 Å². The Labute approximate surface area is 184 Å². The van der Waals surface area contributed by atoms with Crippen molar-refractivity contribution < 1.29 is 14.5 Å². The maximum Gasteiger partial charge on any atom is 0.320 e. The number of hydrogen-bond acceptors (Lipinski definition) is 5. The number of nitrogens with zero attached hydrogens (tertiary/aromatic N) is 3. The van der Waals surface area contributed by atoms with E-state index in [0.29, 0.717) is 23.8 Å². The summed E-state index contributed by atoms with van der Waals surface area (Å²) in [5, 5.41) is 20.2. The Morgan fingerprint density at radius 3 is 2.70 bits per heavy atom. The highest BCUT2D eigenvalue weighted by Crippen LogP contribution is 2.25. The number of urea groups is 1. The van der Waals surface area contributed by atoms with E-state index in [4.69, 9.17) is 11.6 Å². The molecule has 1 aromatic heterocycles. The number of hydrogen-bond donors (Lipinski definition) is 3. The normalized spacial score (nSPS) is 16.7. The van der Waals surface area contributed by atoms with Crippen LogP contribution in [0.4, 0.5) is 10.6 Å². The van der Waals surface area contributed by atoms with Gasteiger partial charge < -0.3 is 15.0 Å². The summed E-state index contributed by atoms with van der Waals surface area (Å²) in [6.07, 6.45) is 1.39. The first-order valence-corrected chi connectivity index (χ1v) is 11.6. The quantitative estimate of drug-likeness (QED) is 0.503. The number of rotatable bonds is 9. The molecule has 1 aromatic carbocycles. The first kappa shape index (κ1) is 22.9. The summed E-state index contributed by atoms with van der Waals surface area (Å²) in [4.78, 5) is 15.2. The maximum atomic E-state index is 12.6. The smallest absolute Gasteiger partial charge is 0.320 e. The van der Waals surface area contributed by atoms with Crippen LogP contribution in [0, 0.1) is 0 Å². The second kappa shape index (κ2) is 10.5. The lowest BCUT2D eigenvalue weighted by Crippen LogP contribution is -2.55. The number of carbonyl (C=O) groups excluding carboxylic acids is 1. The van der Waals surface area contributed by atoms with Gasteiger partial charge in [0.1, 0.15) is 11.1 Å². The van der Waals surface area contributed by atoms with Crippen molar-refractivity contribution in [3.8, 4) is 0 Å². The Morgan fingerprint density at radius 2 is 2.10 bits per heavy atom. The molecule has 1 saturated heterocycles. The zero-order valence-electron chi connectivity index (χ0n) is 17.2. The molecule has 164 valence electrons. The van der Waals surface area contributed by atoms with Crippen LogP contribution in [0.5, 0.6) is 0 Å². The minimum absolute atomic E-state index is 0.0904. The van der Waals surface area contributed by atoms with Crippen molar-refractivity contribution in [3.05, 3.63) is 41.0 Å². The third-order valence-corrected chi connectivity index (χ3v) is 7.05. The summed E-state index contributed by atoms with van der Waals surface area (Å²) < 4.78 is 14.2. The molecular weight excluding hydrogens is 426 g/mol. The van der Waals surface area contributed by atoms with Crippen LogP contribution in [0.2, 0.25) is 5.02 Å². The van der Waals surface area contributed by atoms with E-state index in [2.05, 4.69) is 20.6 Å². The molecule has 3 N–H and O–H groups in total. The standard InChI is InChI=1S/C20H28ClN5O3S/c1-3-15-10-19(25(2)24-15)23-20(28)22-16(13-27)8-9-26-11-18(12-26)30(29)17-6-4-14(21)5-7-17/h4-7,10,16,18,27H,3,8-9,11-13H2,1-2H3,(H2,22,23,28)/t16-,30?/m0/s1. The Kier molecular flexibility index (Phi) is 8.01. The molecule has 1 fully saturated rings. The average molecular weight is 454 g/mol. The Bertz CT molecular complexity index is 841. The van der Waals surface area contributed by atoms with Gasteiger partial charge in [0.2, 0.25) is 0 Å². The van der Waals surface area contributed by atoms with Gasteiger partial charge in [0, 0.05) is 37.8 Å². The fraction of sp³-hybridized carbons (Fsp3) is 0.500. The second-order valence-electron chi connectivity index (χ2n) is 7.40. The van der Waals surface area contributed by atoms with Crippen molar-refractivity contribution in [2.24, 2.45) is 7.05 Å². The molecule has 0 spiro atoms. The van der Waals surface area contributed by atoms with Gasteiger partial charge in [0.05, 0.1) is 18.3 Å². The molecule has 0 aliphatic carbocycles. The number of aromatic nitrogens is 2. The van der Waals surface area contributed by atoms with Crippen molar-refractivity contribution >= 4 is 34.6 Å². The fourth-order valence-corrected chi connectivity index (χ4v) is 4.91. The van der Waals surface area contributed by atoms with Crippen LogP contribution >= 0.6 is 11.6 Å². The monoisotopic (exact) mass is 453 g/mol. The third kappa shape index (κ3) is 5.89. The summed E-state index contributed by atoms with van der Waals surface area (Å²) in [6, 6.07) is 8.21. The summed E-state index contributed by atoms with van der Waals surface area (Å²) in [7, 11) is 1.77. The first-order chi connectivity index (χ1) is 14.4. The summed E-state index contributed by atoms with van der Waals surface area (Å²) in [5.74, 6) is 0.608. The van der Waals surface area contributed by atoms with Gasteiger partial charge in [-0.1, -0.05) is 18.5 Å². The molecule has 30 heavy (non-hydrogen) atoms. The van der Waals surface area contributed by atoms with Gasteiger partial charge in [-0.25, -0.2) is 4.79 Å². The van der Waals surface area contributed by atoms with Gasteiger partial charge in [-0.15, -0.1) is 0 Å². The summed E-state index contributed by atoms with van der Waals surface area (Å²) in [6.45, 7) is 4.03. The second-order valence-corrected chi connectivity index (χ2v) is 9.57. The molecule has 2 heterocycles. The lowest BCUT2D eigenvalue weighted by molar-refractivity contribution is 0.160. The van der Waals surface area contributed by atoms with Crippen molar-refractivity contribution in [2.75, 3.05) is 31.6 Å². The summed E-state index contributed by atoms with van der Waals surface area (Å²) in [5.41, 5.74) is 0.898. The minimum Gasteiger partial charge on any atom is -0.611 e. The molecule has 0 radical (unpaired) electrons. The van der Waals surface area contributed by atoms with Gasteiger partial charge in [-0.2, -0.15) is 5.10 Å². The van der Waals surface area contributed by atoms with Gasteiger partial charge in [-0.3, -0.25) is 14.9 Å². The van der Waals surface area contributed by atoms with Crippen LogP contribution in [0.1, 0.15) is 19.0 Å².